The van der Waals surface area contributed by atoms with Crippen molar-refractivity contribution >= 4 is 18.8 Å². The molecule has 0 bridgehead atoms. The van der Waals surface area contributed by atoms with Crippen molar-refractivity contribution in [3.05, 3.63) is 90.0 Å². The summed E-state index contributed by atoms with van der Waals surface area (Å²) in [6, 6.07) is 26.1. The summed E-state index contributed by atoms with van der Waals surface area (Å²) in [5, 5.41) is 1.99. The Hall–Kier alpha value is -2.15. The van der Waals surface area contributed by atoms with Gasteiger partial charge in [0.25, 0.3) is 0 Å². The van der Waals surface area contributed by atoms with Crippen LogP contribution < -0.4 is 15.3 Å². The number of benzene rings is 3. The monoisotopic (exact) mass is 322 g/mol. The zero-order valence-electron chi connectivity index (χ0n) is 13.0. The Morgan fingerprint density at radius 3 is 2.17 bits per heavy atom. The molecule has 0 aliphatic carbocycles. The Labute approximate surface area is 138 Å². The van der Waals surface area contributed by atoms with E-state index in [4.69, 9.17) is 4.74 Å². The molecular weight excluding hydrogens is 303 g/mol. The van der Waals surface area contributed by atoms with Gasteiger partial charge in [0.2, 0.25) is 0 Å². The highest BCUT2D eigenvalue weighted by Crippen LogP contribution is 2.30. The van der Waals surface area contributed by atoms with Gasteiger partial charge in [-0.25, -0.2) is 0 Å². The number of rotatable bonds is 5. The third-order valence-electron chi connectivity index (χ3n) is 3.77. The molecule has 23 heavy (non-hydrogen) atoms. The van der Waals surface area contributed by atoms with E-state index in [-0.39, 0.29) is 0 Å². The first kappa shape index (κ1) is 15.7. The van der Waals surface area contributed by atoms with Crippen molar-refractivity contribution in [2.75, 3.05) is 7.11 Å². The number of hydrogen-bond acceptors (Lipinski definition) is 2. The molecule has 1 atom stereocenters. The molecule has 0 radical (unpaired) electrons. The van der Waals surface area contributed by atoms with E-state index >= 15 is 0 Å². The summed E-state index contributed by atoms with van der Waals surface area (Å²) in [5.74, 6) is 0.857. The minimum atomic E-state index is -1.32. The van der Waals surface area contributed by atoms with Crippen LogP contribution in [0.3, 0.4) is 0 Å². The second kappa shape index (κ2) is 7.41. The summed E-state index contributed by atoms with van der Waals surface area (Å²) in [6.45, 7) is 0. The largest absolute Gasteiger partial charge is 0.497 e. The van der Waals surface area contributed by atoms with Crippen LogP contribution in [-0.4, -0.2) is 12.0 Å². The molecule has 3 heteroatoms. The first-order valence-corrected chi connectivity index (χ1v) is 8.82. The minimum Gasteiger partial charge on any atom is -0.497 e. The van der Waals surface area contributed by atoms with Gasteiger partial charge >= 0.3 is 0 Å². The Morgan fingerprint density at radius 1 is 0.826 bits per heavy atom. The van der Waals surface area contributed by atoms with E-state index in [1.165, 1.54) is 5.56 Å². The minimum absolute atomic E-state index is 0.798. The van der Waals surface area contributed by atoms with Gasteiger partial charge in [0.15, 0.2) is 0 Å². The van der Waals surface area contributed by atoms with Crippen molar-refractivity contribution in [2.45, 2.75) is 6.42 Å². The molecule has 3 aromatic rings. The Kier molecular flexibility index (Phi) is 5.07. The highest BCUT2D eigenvalue weighted by Gasteiger charge is 2.14. The maximum Gasteiger partial charge on any atom is 0.118 e. The van der Waals surface area contributed by atoms with Gasteiger partial charge in [0, 0.05) is 10.6 Å². The van der Waals surface area contributed by atoms with Gasteiger partial charge < -0.3 is 9.63 Å². The standard InChI is InChI=1S/C20H19O2P/c1-22-18-13-11-16(12-14-18)15-17-7-5-6-10-20(17)23(21)19-8-3-2-4-9-19/h2-14,21H,15H2,1H3/t23-/m1/s1. The molecule has 3 rings (SSSR count). The van der Waals surface area contributed by atoms with Gasteiger partial charge in [-0.1, -0.05) is 66.7 Å². The van der Waals surface area contributed by atoms with Crippen LogP contribution in [0, 0.1) is 0 Å². The summed E-state index contributed by atoms with van der Waals surface area (Å²) >= 11 is 0. The zero-order valence-corrected chi connectivity index (χ0v) is 13.9. The average molecular weight is 322 g/mol. The average Bonchev–Trinajstić information content (AvgIpc) is 2.63. The lowest BCUT2D eigenvalue weighted by molar-refractivity contribution is 0.414. The third kappa shape index (κ3) is 3.79. The Balaban J connectivity index is 1.88. The highest BCUT2D eigenvalue weighted by atomic mass is 31.1. The third-order valence-corrected chi connectivity index (χ3v) is 5.45. The topological polar surface area (TPSA) is 29.5 Å². The quantitative estimate of drug-likeness (QED) is 0.727. The molecule has 0 aliphatic rings. The van der Waals surface area contributed by atoms with E-state index in [0.29, 0.717) is 0 Å². The van der Waals surface area contributed by atoms with Gasteiger partial charge in [-0.15, -0.1) is 0 Å². The summed E-state index contributed by atoms with van der Waals surface area (Å²) in [4.78, 5) is 10.8. The molecule has 0 saturated heterocycles. The number of hydrogen-bond donors (Lipinski definition) is 1. The molecule has 0 fully saturated rings. The Morgan fingerprint density at radius 2 is 1.48 bits per heavy atom. The molecule has 1 N–H and O–H groups in total. The molecule has 0 heterocycles. The maximum atomic E-state index is 10.8. The lowest BCUT2D eigenvalue weighted by Crippen LogP contribution is -2.15. The van der Waals surface area contributed by atoms with Crippen molar-refractivity contribution in [3.63, 3.8) is 0 Å². The summed E-state index contributed by atoms with van der Waals surface area (Å²) in [7, 11) is 0.348. The highest BCUT2D eigenvalue weighted by molar-refractivity contribution is 7.67. The molecule has 0 amide bonds. The van der Waals surface area contributed by atoms with Crippen molar-refractivity contribution < 1.29 is 9.63 Å². The van der Waals surface area contributed by atoms with E-state index in [1.807, 2.05) is 60.7 Å². The molecule has 0 spiro atoms. The predicted molar refractivity (Wildman–Crippen MR) is 97.1 cm³/mol. The van der Waals surface area contributed by atoms with Crippen molar-refractivity contribution in [3.8, 4) is 5.75 Å². The van der Waals surface area contributed by atoms with Crippen LogP contribution in [0.25, 0.3) is 0 Å². The molecule has 116 valence electrons. The first-order valence-electron chi connectivity index (χ1n) is 7.53. The molecule has 0 aromatic heterocycles. The SMILES string of the molecule is COc1ccc(Cc2ccccc2[P@](O)c2ccccc2)cc1. The Bertz CT molecular complexity index is 754. The maximum absolute atomic E-state index is 10.8. The van der Waals surface area contributed by atoms with Crippen LogP contribution in [0.1, 0.15) is 11.1 Å². The van der Waals surface area contributed by atoms with Crippen molar-refractivity contribution in [2.24, 2.45) is 0 Å². The van der Waals surface area contributed by atoms with E-state index in [2.05, 4.69) is 18.2 Å². The molecule has 0 saturated carbocycles. The van der Waals surface area contributed by atoms with Crippen LogP contribution >= 0.6 is 8.15 Å². The summed E-state index contributed by atoms with van der Waals surface area (Å²) in [5.41, 5.74) is 2.37. The summed E-state index contributed by atoms with van der Waals surface area (Å²) in [6.07, 6.45) is 0.798. The van der Waals surface area contributed by atoms with Gasteiger partial charge in [-0.3, -0.25) is 0 Å². The van der Waals surface area contributed by atoms with Crippen LogP contribution in [0.2, 0.25) is 0 Å². The van der Waals surface area contributed by atoms with Gasteiger partial charge in [-0.2, -0.15) is 0 Å². The van der Waals surface area contributed by atoms with E-state index in [1.54, 1.807) is 7.11 Å². The molecule has 0 aliphatic heterocycles. The zero-order chi connectivity index (χ0) is 16.1. The van der Waals surface area contributed by atoms with E-state index in [0.717, 1.165) is 28.3 Å². The van der Waals surface area contributed by atoms with Crippen LogP contribution in [0.5, 0.6) is 5.75 Å². The summed E-state index contributed by atoms with van der Waals surface area (Å²) < 4.78 is 5.20. The van der Waals surface area contributed by atoms with Gasteiger partial charge in [0.05, 0.1) is 15.3 Å². The second-order valence-corrected chi connectivity index (χ2v) is 6.92. The molecular formula is C20H19O2P. The normalized spacial score (nSPS) is 11.9. The lowest BCUT2D eigenvalue weighted by atomic mass is 10.1. The number of methoxy groups -OCH3 is 1. The second-order valence-electron chi connectivity index (χ2n) is 5.30. The van der Waals surface area contributed by atoms with Gasteiger partial charge in [0.1, 0.15) is 5.75 Å². The molecule has 0 unspecified atom stereocenters. The van der Waals surface area contributed by atoms with Crippen LogP contribution in [-0.2, 0) is 6.42 Å². The fraction of sp³-hybridized carbons (Fsp3) is 0.100. The van der Waals surface area contributed by atoms with Crippen molar-refractivity contribution in [1.29, 1.82) is 0 Å². The van der Waals surface area contributed by atoms with Crippen LogP contribution in [0.4, 0.5) is 0 Å². The molecule has 2 nitrogen and oxygen atoms in total. The van der Waals surface area contributed by atoms with Gasteiger partial charge in [-0.05, 0) is 29.7 Å². The molecule has 3 aromatic carbocycles. The fourth-order valence-corrected chi connectivity index (χ4v) is 3.92. The van der Waals surface area contributed by atoms with E-state index < -0.39 is 8.15 Å². The smallest absolute Gasteiger partial charge is 0.118 e. The van der Waals surface area contributed by atoms with Crippen LogP contribution in [0.15, 0.2) is 78.9 Å². The van der Waals surface area contributed by atoms with E-state index in [9.17, 15) is 4.89 Å². The predicted octanol–water partition coefficient (Wildman–Crippen LogP) is 3.63. The first-order chi connectivity index (χ1) is 11.3. The fourth-order valence-electron chi connectivity index (χ4n) is 2.54. The van der Waals surface area contributed by atoms with Crippen molar-refractivity contribution in [1.82, 2.24) is 0 Å². The lowest BCUT2D eigenvalue weighted by Gasteiger charge is -2.16. The number of ether oxygens (including phenoxy) is 1.